The van der Waals surface area contributed by atoms with E-state index in [0.29, 0.717) is 11.1 Å². The molecule has 0 saturated heterocycles. The minimum absolute atomic E-state index is 0.0735. The second-order valence-electron chi connectivity index (χ2n) is 5.73. The number of carbonyl (C=O) groups excluding carboxylic acids is 1. The standard InChI is InChI=1S/C18H19N3O3/c1-11(13-6-4-3-5-7-13)20-17(22)12(2)19-14-8-9-16-15(10-14)21-18(23)24-16/h3-12,19H,1-2H3,(H,20,22)(H,21,23)/t11-,12-/m1/s1. The molecule has 0 fully saturated rings. The van der Waals surface area contributed by atoms with Gasteiger partial charge in [-0.1, -0.05) is 30.3 Å². The van der Waals surface area contributed by atoms with Gasteiger partial charge in [-0.25, -0.2) is 4.79 Å². The lowest BCUT2D eigenvalue weighted by Crippen LogP contribution is -2.38. The second kappa shape index (κ2) is 6.62. The third-order valence-corrected chi connectivity index (χ3v) is 3.85. The van der Waals surface area contributed by atoms with Crippen molar-refractivity contribution in [3.05, 3.63) is 64.6 Å². The maximum atomic E-state index is 12.3. The number of carbonyl (C=O) groups is 1. The molecule has 24 heavy (non-hydrogen) atoms. The highest BCUT2D eigenvalue weighted by Crippen LogP contribution is 2.17. The summed E-state index contributed by atoms with van der Waals surface area (Å²) in [6.45, 7) is 3.73. The molecule has 0 spiro atoms. The number of benzene rings is 2. The monoisotopic (exact) mass is 325 g/mol. The molecule has 1 amide bonds. The number of oxazole rings is 1. The van der Waals surface area contributed by atoms with Crippen LogP contribution in [-0.2, 0) is 4.79 Å². The van der Waals surface area contributed by atoms with Crippen LogP contribution in [0.3, 0.4) is 0 Å². The molecule has 0 aliphatic rings. The number of amides is 1. The van der Waals surface area contributed by atoms with Crippen LogP contribution in [0.4, 0.5) is 5.69 Å². The van der Waals surface area contributed by atoms with Crippen LogP contribution in [0.1, 0.15) is 25.5 Å². The van der Waals surface area contributed by atoms with Gasteiger partial charge in [0.1, 0.15) is 6.04 Å². The minimum Gasteiger partial charge on any atom is -0.408 e. The molecule has 3 rings (SSSR count). The minimum atomic E-state index is -0.496. The van der Waals surface area contributed by atoms with E-state index in [2.05, 4.69) is 15.6 Å². The quantitative estimate of drug-likeness (QED) is 0.673. The lowest BCUT2D eigenvalue weighted by molar-refractivity contribution is -0.122. The number of nitrogens with one attached hydrogen (secondary N) is 3. The first kappa shape index (κ1) is 15.9. The average molecular weight is 325 g/mol. The van der Waals surface area contributed by atoms with E-state index in [-0.39, 0.29) is 11.9 Å². The zero-order valence-electron chi connectivity index (χ0n) is 13.5. The van der Waals surface area contributed by atoms with Gasteiger partial charge in [0.25, 0.3) is 0 Å². The number of hydrogen-bond donors (Lipinski definition) is 3. The van der Waals surface area contributed by atoms with Crippen molar-refractivity contribution in [1.82, 2.24) is 10.3 Å². The Morgan fingerprint density at radius 2 is 1.88 bits per heavy atom. The molecule has 0 aliphatic carbocycles. The van der Waals surface area contributed by atoms with Crippen molar-refractivity contribution >= 4 is 22.7 Å². The van der Waals surface area contributed by atoms with Crippen molar-refractivity contribution in [2.45, 2.75) is 25.9 Å². The normalized spacial score (nSPS) is 13.4. The van der Waals surface area contributed by atoms with Crippen LogP contribution in [0, 0.1) is 0 Å². The van der Waals surface area contributed by atoms with Gasteiger partial charge in [-0.2, -0.15) is 0 Å². The van der Waals surface area contributed by atoms with Crippen molar-refractivity contribution < 1.29 is 9.21 Å². The molecule has 0 radical (unpaired) electrons. The van der Waals surface area contributed by atoms with Crippen LogP contribution >= 0.6 is 0 Å². The summed E-state index contributed by atoms with van der Waals surface area (Å²) in [4.78, 5) is 26.1. The van der Waals surface area contributed by atoms with E-state index in [0.717, 1.165) is 11.3 Å². The average Bonchev–Trinajstić information content (AvgIpc) is 2.94. The predicted molar refractivity (Wildman–Crippen MR) is 92.9 cm³/mol. The van der Waals surface area contributed by atoms with Crippen molar-refractivity contribution in [3.63, 3.8) is 0 Å². The Bertz CT molecular complexity index is 899. The van der Waals surface area contributed by atoms with Crippen LogP contribution in [0.2, 0.25) is 0 Å². The van der Waals surface area contributed by atoms with Crippen LogP contribution in [0.25, 0.3) is 11.1 Å². The number of H-pyrrole nitrogens is 1. The predicted octanol–water partition coefficient (Wildman–Crippen LogP) is 2.80. The van der Waals surface area contributed by atoms with E-state index in [9.17, 15) is 9.59 Å². The first-order chi connectivity index (χ1) is 11.5. The zero-order valence-corrected chi connectivity index (χ0v) is 13.5. The number of aromatic nitrogens is 1. The molecule has 2 atom stereocenters. The zero-order chi connectivity index (χ0) is 17.1. The molecule has 1 heterocycles. The molecule has 3 aromatic rings. The van der Waals surface area contributed by atoms with E-state index in [1.54, 1.807) is 25.1 Å². The Kier molecular flexibility index (Phi) is 4.37. The van der Waals surface area contributed by atoms with E-state index in [1.165, 1.54) is 0 Å². The number of rotatable bonds is 5. The Morgan fingerprint density at radius 3 is 2.62 bits per heavy atom. The molecule has 0 bridgehead atoms. The highest BCUT2D eigenvalue weighted by atomic mass is 16.4. The third-order valence-electron chi connectivity index (χ3n) is 3.85. The fourth-order valence-electron chi connectivity index (χ4n) is 2.52. The van der Waals surface area contributed by atoms with Gasteiger partial charge in [0.15, 0.2) is 5.58 Å². The molecular formula is C18H19N3O3. The SMILES string of the molecule is C[C@@H](Nc1ccc2oc(=O)[nH]c2c1)C(=O)N[C@H](C)c1ccccc1. The lowest BCUT2D eigenvalue weighted by Gasteiger charge is -2.19. The summed E-state index contributed by atoms with van der Waals surface area (Å²) in [5.41, 5.74) is 2.86. The van der Waals surface area contributed by atoms with Gasteiger partial charge in [-0.05, 0) is 37.6 Å². The summed E-state index contributed by atoms with van der Waals surface area (Å²) in [7, 11) is 0. The van der Waals surface area contributed by atoms with Crippen LogP contribution in [-0.4, -0.2) is 16.9 Å². The second-order valence-corrected chi connectivity index (χ2v) is 5.73. The number of fused-ring (bicyclic) bond motifs is 1. The maximum absolute atomic E-state index is 12.3. The fourth-order valence-corrected chi connectivity index (χ4v) is 2.52. The van der Waals surface area contributed by atoms with Crippen LogP contribution in [0.5, 0.6) is 0 Å². The van der Waals surface area contributed by atoms with Gasteiger partial charge in [0.2, 0.25) is 5.91 Å². The molecule has 0 unspecified atom stereocenters. The Labute approximate surface area is 138 Å². The largest absolute Gasteiger partial charge is 0.417 e. The van der Waals surface area contributed by atoms with Gasteiger partial charge in [-0.15, -0.1) is 0 Å². The van der Waals surface area contributed by atoms with Gasteiger partial charge in [0, 0.05) is 5.69 Å². The summed E-state index contributed by atoms with van der Waals surface area (Å²) < 4.78 is 4.96. The molecule has 124 valence electrons. The molecule has 0 aliphatic heterocycles. The van der Waals surface area contributed by atoms with E-state index in [1.807, 2.05) is 37.3 Å². The molecule has 1 aromatic heterocycles. The summed E-state index contributed by atoms with van der Waals surface area (Å²) in [6, 6.07) is 14.5. The lowest BCUT2D eigenvalue weighted by atomic mass is 10.1. The van der Waals surface area contributed by atoms with Crippen LogP contribution in [0.15, 0.2) is 57.7 Å². The number of aromatic amines is 1. The Morgan fingerprint density at radius 1 is 1.12 bits per heavy atom. The third kappa shape index (κ3) is 3.48. The summed E-state index contributed by atoms with van der Waals surface area (Å²) in [5.74, 6) is -0.600. The maximum Gasteiger partial charge on any atom is 0.417 e. The van der Waals surface area contributed by atoms with Gasteiger partial charge < -0.3 is 15.1 Å². The highest BCUT2D eigenvalue weighted by Gasteiger charge is 2.16. The van der Waals surface area contributed by atoms with Crippen molar-refractivity contribution in [2.24, 2.45) is 0 Å². The number of anilines is 1. The number of hydrogen-bond acceptors (Lipinski definition) is 4. The summed E-state index contributed by atoms with van der Waals surface area (Å²) in [5, 5.41) is 6.10. The first-order valence-corrected chi connectivity index (χ1v) is 7.77. The van der Waals surface area contributed by atoms with Gasteiger partial charge >= 0.3 is 5.76 Å². The van der Waals surface area contributed by atoms with Crippen molar-refractivity contribution in [1.29, 1.82) is 0 Å². The highest BCUT2D eigenvalue weighted by molar-refractivity contribution is 5.85. The molecule has 0 saturated carbocycles. The van der Waals surface area contributed by atoms with E-state index in [4.69, 9.17) is 4.42 Å². The molecular weight excluding hydrogens is 306 g/mol. The Hall–Kier alpha value is -3.02. The summed E-state index contributed by atoms with van der Waals surface area (Å²) >= 11 is 0. The van der Waals surface area contributed by atoms with Gasteiger partial charge in [0.05, 0.1) is 11.6 Å². The van der Waals surface area contributed by atoms with Crippen molar-refractivity contribution in [3.8, 4) is 0 Å². The van der Waals surface area contributed by atoms with Gasteiger partial charge in [-0.3, -0.25) is 9.78 Å². The van der Waals surface area contributed by atoms with Crippen molar-refractivity contribution in [2.75, 3.05) is 5.32 Å². The molecule has 2 aromatic carbocycles. The molecule has 6 heteroatoms. The smallest absolute Gasteiger partial charge is 0.408 e. The topological polar surface area (TPSA) is 87.1 Å². The Balaban J connectivity index is 1.65. The summed E-state index contributed by atoms with van der Waals surface area (Å²) in [6.07, 6.45) is 0. The molecule has 3 N–H and O–H groups in total. The van der Waals surface area contributed by atoms with E-state index >= 15 is 0 Å². The fraction of sp³-hybridized carbons (Fsp3) is 0.222. The first-order valence-electron chi connectivity index (χ1n) is 7.77. The molecule has 6 nitrogen and oxygen atoms in total. The van der Waals surface area contributed by atoms with Crippen LogP contribution < -0.4 is 16.4 Å². The van der Waals surface area contributed by atoms with E-state index < -0.39 is 11.8 Å².